The van der Waals surface area contributed by atoms with Crippen LogP contribution in [-0.2, 0) is 11.3 Å². The van der Waals surface area contributed by atoms with E-state index in [9.17, 15) is 9.18 Å². The van der Waals surface area contributed by atoms with E-state index in [-0.39, 0.29) is 18.3 Å². The molecule has 0 unspecified atom stereocenters. The van der Waals surface area contributed by atoms with Crippen molar-refractivity contribution in [2.45, 2.75) is 13.5 Å². The standard InChI is InChI=1S/C18H16FN5O/c1-3-18(25)21-11-14-10-20-16(13-4-6-15(19)7-5-13)8-17(14)24-22-9-12(2)23-24/h3-10H,1,11H2,2H3,(H,21,25). The highest BCUT2D eigenvalue weighted by Gasteiger charge is 2.12. The van der Waals surface area contributed by atoms with Crippen molar-refractivity contribution in [1.82, 2.24) is 25.3 Å². The molecular weight excluding hydrogens is 321 g/mol. The van der Waals surface area contributed by atoms with Crippen LogP contribution >= 0.6 is 0 Å². The van der Waals surface area contributed by atoms with Crippen LogP contribution < -0.4 is 5.32 Å². The van der Waals surface area contributed by atoms with Crippen LogP contribution in [0.25, 0.3) is 16.9 Å². The molecule has 1 aromatic carbocycles. The number of benzene rings is 1. The summed E-state index contributed by atoms with van der Waals surface area (Å²) in [6.07, 6.45) is 4.50. The lowest BCUT2D eigenvalue weighted by atomic mass is 10.1. The number of carbonyl (C=O) groups is 1. The third-order valence-electron chi connectivity index (χ3n) is 3.56. The van der Waals surface area contributed by atoms with Crippen molar-refractivity contribution < 1.29 is 9.18 Å². The van der Waals surface area contributed by atoms with E-state index >= 15 is 0 Å². The van der Waals surface area contributed by atoms with E-state index in [0.29, 0.717) is 11.4 Å². The van der Waals surface area contributed by atoms with Crippen molar-refractivity contribution in [3.05, 3.63) is 72.5 Å². The molecule has 3 rings (SSSR count). The van der Waals surface area contributed by atoms with Gasteiger partial charge < -0.3 is 5.32 Å². The van der Waals surface area contributed by atoms with Gasteiger partial charge in [-0.25, -0.2) is 4.39 Å². The van der Waals surface area contributed by atoms with Gasteiger partial charge in [0.1, 0.15) is 5.82 Å². The van der Waals surface area contributed by atoms with Gasteiger partial charge in [-0.1, -0.05) is 6.58 Å². The smallest absolute Gasteiger partial charge is 0.243 e. The molecule has 7 heteroatoms. The molecule has 0 aliphatic rings. The molecule has 0 bridgehead atoms. The number of hydrogen-bond donors (Lipinski definition) is 1. The predicted octanol–water partition coefficient (Wildman–Crippen LogP) is 2.58. The lowest BCUT2D eigenvalue weighted by Gasteiger charge is -2.11. The van der Waals surface area contributed by atoms with Crippen molar-refractivity contribution in [2.75, 3.05) is 0 Å². The number of carbonyl (C=O) groups excluding carboxylic acids is 1. The summed E-state index contributed by atoms with van der Waals surface area (Å²) in [6.45, 7) is 5.53. The molecule has 2 aromatic heterocycles. The quantitative estimate of drug-likeness (QED) is 0.726. The normalized spacial score (nSPS) is 10.5. The van der Waals surface area contributed by atoms with Crippen LogP contribution in [0.15, 0.2) is 55.4 Å². The Bertz CT molecular complexity index is 917. The van der Waals surface area contributed by atoms with E-state index in [1.54, 1.807) is 24.5 Å². The molecule has 0 fully saturated rings. The molecule has 2 heterocycles. The average Bonchev–Trinajstić information content (AvgIpc) is 3.06. The lowest BCUT2D eigenvalue weighted by molar-refractivity contribution is -0.116. The molecule has 0 aliphatic heterocycles. The Labute approximate surface area is 144 Å². The molecule has 6 nitrogen and oxygen atoms in total. The third-order valence-corrected chi connectivity index (χ3v) is 3.56. The first-order valence-corrected chi connectivity index (χ1v) is 7.61. The van der Waals surface area contributed by atoms with Crippen molar-refractivity contribution in [3.8, 4) is 16.9 Å². The van der Waals surface area contributed by atoms with Gasteiger partial charge in [-0.2, -0.15) is 15.0 Å². The Hall–Kier alpha value is -3.35. The zero-order valence-electron chi connectivity index (χ0n) is 13.6. The topological polar surface area (TPSA) is 72.7 Å². The maximum absolute atomic E-state index is 13.1. The molecule has 25 heavy (non-hydrogen) atoms. The zero-order chi connectivity index (χ0) is 17.8. The van der Waals surface area contributed by atoms with Crippen LogP contribution in [0.3, 0.4) is 0 Å². The van der Waals surface area contributed by atoms with E-state index in [0.717, 1.165) is 16.8 Å². The highest BCUT2D eigenvalue weighted by Crippen LogP contribution is 2.22. The fourth-order valence-electron chi connectivity index (χ4n) is 2.28. The van der Waals surface area contributed by atoms with Crippen LogP contribution in [-0.4, -0.2) is 25.9 Å². The summed E-state index contributed by atoms with van der Waals surface area (Å²) in [5.74, 6) is -0.588. The van der Waals surface area contributed by atoms with Crippen molar-refractivity contribution in [3.63, 3.8) is 0 Å². The van der Waals surface area contributed by atoms with Crippen LogP contribution in [0, 0.1) is 12.7 Å². The number of aromatic nitrogens is 4. The summed E-state index contributed by atoms with van der Waals surface area (Å²) in [4.78, 5) is 17.3. The van der Waals surface area contributed by atoms with Crippen molar-refractivity contribution in [2.24, 2.45) is 0 Å². The molecule has 1 amide bonds. The minimum absolute atomic E-state index is 0.261. The number of nitrogens with one attached hydrogen (secondary N) is 1. The number of aryl methyl sites for hydroxylation is 1. The monoisotopic (exact) mass is 337 g/mol. The van der Waals surface area contributed by atoms with Gasteiger partial charge in [0.15, 0.2) is 0 Å². The van der Waals surface area contributed by atoms with Crippen LogP contribution in [0.4, 0.5) is 4.39 Å². The molecule has 0 saturated carbocycles. The van der Waals surface area contributed by atoms with Crippen LogP contribution in [0.5, 0.6) is 0 Å². The summed E-state index contributed by atoms with van der Waals surface area (Å²) in [5, 5.41) is 11.3. The highest BCUT2D eigenvalue weighted by molar-refractivity contribution is 5.86. The van der Waals surface area contributed by atoms with Gasteiger partial charge in [-0.15, -0.1) is 0 Å². The molecule has 0 atom stereocenters. The van der Waals surface area contributed by atoms with E-state index in [2.05, 4.69) is 27.1 Å². The van der Waals surface area contributed by atoms with Gasteiger partial charge in [-0.05, 0) is 43.3 Å². The summed E-state index contributed by atoms with van der Waals surface area (Å²) in [6, 6.07) is 7.88. The minimum Gasteiger partial charge on any atom is -0.348 e. The fourth-order valence-corrected chi connectivity index (χ4v) is 2.28. The number of rotatable bonds is 5. The SMILES string of the molecule is C=CC(=O)NCc1cnc(-c2ccc(F)cc2)cc1-n1ncc(C)n1. The average molecular weight is 337 g/mol. The lowest BCUT2D eigenvalue weighted by Crippen LogP contribution is -2.21. The Balaban J connectivity index is 2.02. The Morgan fingerprint density at radius 2 is 2.08 bits per heavy atom. The minimum atomic E-state index is -0.308. The van der Waals surface area contributed by atoms with E-state index in [1.165, 1.54) is 23.0 Å². The molecular formula is C18H16FN5O. The van der Waals surface area contributed by atoms with Crippen molar-refractivity contribution in [1.29, 1.82) is 0 Å². The summed E-state index contributed by atoms with van der Waals surface area (Å²) in [7, 11) is 0. The van der Waals surface area contributed by atoms with E-state index in [1.807, 2.05) is 13.0 Å². The fraction of sp³-hybridized carbons (Fsp3) is 0.111. The van der Waals surface area contributed by atoms with Gasteiger partial charge in [0.2, 0.25) is 5.91 Å². The maximum atomic E-state index is 13.1. The molecule has 0 aliphatic carbocycles. The Morgan fingerprint density at radius 1 is 1.32 bits per heavy atom. The summed E-state index contributed by atoms with van der Waals surface area (Å²) in [5.41, 5.74) is 3.63. The van der Waals surface area contributed by atoms with Gasteiger partial charge >= 0.3 is 0 Å². The Morgan fingerprint density at radius 3 is 2.72 bits per heavy atom. The van der Waals surface area contributed by atoms with E-state index in [4.69, 9.17) is 0 Å². The van der Waals surface area contributed by atoms with Crippen molar-refractivity contribution >= 4 is 5.91 Å². The van der Waals surface area contributed by atoms with Crippen LogP contribution in [0.2, 0.25) is 0 Å². The van der Waals surface area contributed by atoms with E-state index < -0.39 is 0 Å². The third kappa shape index (κ3) is 3.77. The first-order chi connectivity index (χ1) is 12.1. The number of pyridine rings is 1. The first kappa shape index (κ1) is 16.5. The van der Waals surface area contributed by atoms with Gasteiger partial charge in [-0.3, -0.25) is 9.78 Å². The molecule has 0 spiro atoms. The highest BCUT2D eigenvalue weighted by atomic mass is 19.1. The second kappa shape index (κ2) is 7.04. The molecule has 1 N–H and O–H groups in total. The molecule has 0 radical (unpaired) electrons. The Kier molecular flexibility index (Phi) is 4.65. The predicted molar refractivity (Wildman–Crippen MR) is 91.3 cm³/mol. The number of amides is 1. The summed E-state index contributed by atoms with van der Waals surface area (Å²) < 4.78 is 13.1. The number of halogens is 1. The number of nitrogens with zero attached hydrogens (tertiary/aromatic N) is 4. The summed E-state index contributed by atoms with van der Waals surface area (Å²) >= 11 is 0. The molecule has 3 aromatic rings. The largest absolute Gasteiger partial charge is 0.348 e. The molecule has 0 saturated heterocycles. The number of hydrogen-bond acceptors (Lipinski definition) is 4. The second-order valence-electron chi connectivity index (χ2n) is 5.40. The van der Waals surface area contributed by atoms with Gasteiger partial charge in [0.05, 0.1) is 23.3 Å². The molecule has 126 valence electrons. The van der Waals surface area contributed by atoms with Gasteiger partial charge in [0, 0.05) is 23.9 Å². The van der Waals surface area contributed by atoms with Crippen LogP contribution in [0.1, 0.15) is 11.3 Å². The zero-order valence-corrected chi connectivity index (χ0v) is 13.6. The first-order valence-electron chi connectivity index (χ1n) is 7.61. The second-order valence-corrected chi connectivity index (χ2v) is 5.40. The van der Waals surface area contributed by atoms with Gasteiger partial charge in [0.25, 0.3) is 0 Å². The maximum Gasteiger partial charge on any atom is 0.243 e.